The molecule has 0 aliphatic heterocycles. The Morgan fingerprint density at radius 2 is 2.25 bits per heavy atom. The SMILES string of the molecule is CCCOC(C(=O)O)c1ccc(Br)c(C)c1. The lowest BCUT2D eigenvalue weighted by Gasteiger charge is -2.14. The summed E-state index contributed by atoms with van der Waals surface area (Å²) in [5.74, 6) is -0.949. The Morgan fingerprint density at radius 3 is 2.75 bits per heavy atom. The molecule has 1 rings (SSSR count). The van der Waals surface area contributed by atoms with E-state index in [-0.39, 0.29) is 0 Å². The fourth-order valence-electron chi connectivity index (χ4n) is 1.38. The van der Waals surface area contributed by atoms with Crippen LogP contribution in [-0.4, -0.2) is 17.7 Å². The molecule has 0 radical (unpaired) electrons. The minimum Gasteiger partial charge on any atom is -0.479 e. The largest absolute Gasteiger partial charge is 0.479 e. The molecule has 1 unspecified atom stereocenters. The number of hydrogen-bond acceptors (Lipinski definition) is 2. The van der Waals surface area contributed by atoms with E-state index in [1.54, 1.807) is 6.07 Å². The van der Waals surface area contributed by atoms with Gasteiger partial charge in [-0.05, 0) is 30.5 Å². The summed E-state index contributed by atoms with van der Waals surface area (Å²) < 4.78 is 6.29. The first-order chi connectivity index (χ1) is 7.56. The highest BCUT2D eigenvalue weighted by Crippen LogP contribution is 2.23. The minimum atomic E-state index is -0.949. The fourth-order valence-corrected chi connectivity index (χ4v) is 1.62. The maximum Gasteiger partial charge on any atom is 0.337 e. The fraction of sp³-hybridized carbons (Fsp3) is 0.417. The van der Waals surface area contributed by atoms with Crippen molar-refractivity contribution in [3.8, 4) is 0 Å². The van der Waals surface area contributed by atoms with Crippen molar-refractivity contribution in [1.82, 2.24) is 0 Å². The Balaban J connectivity index is 2.92. The first-order valence-corrected chi connectivity index (χ1v) is 5.96. The molecule has 1 aromatic rings. The molecule has 1 N–H and O–H groups in total. The normalized spacial score (nSPS) is 12.4. The summed E-state index contributed by atoms with van der Waals surface area (Å²) in [6.07, 6.45) is -0.0639. The smallest absolute Gasteiger partial charge is 0.337 e. The number of halogens is 1. The highest BCUT2D eigenvalue weighted by atomic mass is 79.9. The van der Waals surface area contributed by atoms with Crippen LogP contribution in [0.25, 0.3) is 0 Å². The summed E-state index contributed by atoms with van der Waals surface area (Å²) in [7, 11) is 0. The van der Waals surface area contributed by atoms with Gasteiger partial charge in [-0.1, -0.05) is 35.0 Å². The molecule has 0 amide bonds. The zero-order valence-corrected chi connectivity index (χ0v) is 11.0. The zero-order chi connectivity index (χ0) is 12.1. The predicted octanol–water partition coefficient (Wildman–Crippen LogP) is 3.31. The average Bonchev–Trinajstić information content (AvgIpc) is 2.23. The van der Waals surface area contributed by atoms with E-state index >= 15 is 0 Å². The molecule has 0 bridgehead atoms. The maximum absolute atomic E-state index is 11.1. The van der Waals surface area contributed by atoms with Crippen molar-refractivity contribution >= 4 is 21.9 Å². The van der Waals surface area contributed by atoms with Crippen LogP contribution >= 0.6 is 15.9 Å². The van der Waals surface area contributed by atoms with Crippen molar-refractivity contribution in [1.29, 1.82) is 0 Å². The molecular weight excluding hydrogens is 272 g/mol. The standard InChI is InChI=1S/C12H15BrO3/c1-3-6-16-11(12(14)15)9-4-5-10(13)8(2)7-9/h4-5,7,11H,3,6H2,1-2H3,(H,14,15). The van der Waals surface area contributed by atoms with Gasteiger partial charge in [0.05, 0.1) is 0 Å². The molecule has 0 saturated carbocycles. The Labute approximate surface area is 104 Å². The van der Waals surface area contributed by atoms with Crippen LogP contribution in [0.2, 0.25) is 0 Å². The first kappa shape index (κ1) is 13.2. The number of carbonyl (C=O) groups is 1. The van der Waals surface area contributed by atoms with E-state index in [2.05, 4.69) is 15.9 Å². The van der Waals surface area contributed by atoms with Gasteiger partial charge < -0.3 is 9.84 Å². The first-order valence-electron chi connectivity index (χ1n) is 5.16. The minimum absolute atomic E-state index is 0.450. The van der Waals surface area contributed by atoms with Crippen LogP contribution in [0.15, 0.2) is 22.7 Å². The van der Waals surface area contributed by atoms with E-state index in [1.165, 1.54) is 0 Å². The summed E-state index contributed by atoms with van der Waals surface area (Å²) >= 11 is 3.38. The molecule has 3 nitrogen and oxygen atoms in total. The van der Waals surface area contributed by atoms with Gasteiger partial charge in [-0.2, -0.15) is 0 Å². The summed E-state index contributed by atoms with van der Waals surface area (Å²) in [5.41, 5.74) is 1.69. The molecule has 0 aromatic heterocycles. The van der Waals surface area contributed by atoms with Gasteiger partial charge >= 0.3 is 5.97 Å². The second kappa shape index (κ2) is 6.01. The lowest BCUT2D eigenvalue weighted by Crippen LogP contribution is -2.16. The number of rotatable bonds is 5. The second-order valence-corrected chi connectivity index (χ2v) is 4.45. The highest BCUT2D eigenvalue weighted by molar-refractivity contribution is 9.10. The Hall–Kier alpha value is -0.870. The van der Waals surface area contributed by atoms with Crippen LogP contribution in [0.1, 0.15) is 30.6 Å². The van der Waals surface area contributed by atoms with Gasteiger partial charge in [0.1, 0.15) is 0 Å². The Bertz CT molecular complexity index is 377. The number of ether oxygens (including phenoxy) is 1. The molecule has 1 atom stereocenters. The summed E-state index contributed by atoms with van der Waals surface area (Å²) in [6.45, 7) is 4.32. The molecule has 0 heterocycles. The summed E-state index contributed by atoms with van der Waals surface area (Å²) in [5, 5.41) is 9.08. The zero-order valence-electron chi connectivity index (χ0n) is 9.37. The number of hydrogen-bond donors (Lipinski definition) is 1. The third-order valence-electron chi connectivity index (χ3n) is 2.20. The Morgan fingerprint density at radius 1 is 1.56 bits per heavy atom. The number of carboxylic acids is 1. The molecule has 0 aliphatic carbocycles. The van der Waals surface area contributed by atoms with E-state index in [1.807, 2.05) is 26.0 Å². The van der Waals surface area contributed by atoms with E-state index in [4.69, 9.17) is 9.84 Å². The van der Waals surface area contributed by atoms with Crippen molar-refractivity contribution < 1.29 is 14.6 Å². The third kappa shape index (κ3) is 3.32. The van der Waals surface area contributed by atoms with Crippen LogP contribution < -0.4 is 0 Å². The average molecular weight is 287 g/mol. The number of carboxylic acid groups (broad SMARTS) is 1. The number of aliphatic carboxylic acids is 1. The van der Waals surface area contributed by atoms with E-state index in [0.717, 1.165) is 16.5 Å². The van der Waals surface area contributed by atoms with Crippen LogP contribution in [0.5, 0.6) is 0 Å². The van der Waals surface area contributed by atoms with E-state index in [0.29, 0.717) is 12.2 Å². The monoisotopic (exact) mass is 286 g/mol. The summed E-state index contributed by atoms with van der Waals surface area (Å²) in [4.78, 5) is 11.1. The molecule has 16 heavy (non-hydrogen) atoms. The quantitative estimate of drug-likeness (QED) is 0.903. The third-order valence-corrected chi connectivity index (χ3v) is 3.09. The number of benzene rings is 1. The van der Waals surface area contributed by atoms with Gasteiger partial charge in [-0.3, -0.25) is 0 Å². The maximum atomic E-state index is 11.1. The molecule has 4 heteroatoms. The molecular formula is C12H15BrO3. The van der Waals surface area contributed by atoms with Gasteiger partial charge in [-0.15, -0.1) is 0 Å². The highest BCUT2D eigenvalue weighted by Gasteiger charge is 2.20. The Kier molecular flexibility index (Phi) is 4.96. The topological polar surface area (TPSA) is 46.5 Å². The van der Waals surface area contributed by atoms with Gasteiger partial charge in [0.2, 0.25) is 0 Å². The van der Waals surface area contributed by atoms with Crippen LogP contribution in [-0.2, 0) is 9.53 Å². The van der Waals surface area contributed by atoms with Crippen molar-refractivity contribution in [2.24, 2.45) is 0 Å². The second-order valence-electron chi connectivity index (χ2n) is 3.60. The molecule has 0 saturated heterocycles. The van der Waals surface area contributed by atoms with Gasteiger partial charge in [-0.25, -0.2) is 4.79 Å². The van der Waals surface area contributed by atoms with Gasteiger partial charge in [0.25, 0.3) is 0 Å². The van der Waals surface area contributed by atoms with Crippen molar-refractivity contribution in [2.75, 3.05) is 6.61 Å². The lowest BCUT2D eigenvalue weighted by molar-refractivity contribution is -0.150. The lowest BCUT2D eigenvalue weighted by atomic mass is 10.1. The van der Waals surface area contributed by atoms with E-state index in [9.17, 15) is 4.79 Å². The molecule has 88 valence electrons. The van der Waals surface area contributed by atoms with Crippen LogP contribution in [0.3, 0.4) is 0 Å². The molecule has 0 aliphatic rings. The predicted molar refractivity (Wildman–Crippen MR) is 65.5 cm³/mol. The van der Waals surface area contributed by atoms with Crippen molar-refractivity contribution in [3.05, 3.63) is 33.8 Å². The van der Waals surface area contributed by atoms with Gasteiger partial charge in [0, 0.05) is 11.1 Å². The molecule has 0 fully saturated rings. The van der Waals surface area contributed by atoms with Crippen molar-refractivity contribution in [2.45, 2.75) is 26.4 Å². The molecule has 0 spiro atoms. The van der Waals surface area contributed by atoms with E-state index < -0.39 is 12.1 Å². The van der Waals surface area contributed by atoms with Gasteiger partial charge in [0.15, 0.2) is 6.10 Å². The van der Waals surface area contributed by atoms with Crippen molar-refractivity contribution in [3.63, 3.8) is 0 Å². The van der Waals surface area contributed by atoms with Crippen LogP contribution in [0, 0.1) is 6.92 Å². The number of aryl methyl sites for hydroxylation is 1. The van der Waals surface area contributed by atoms with Crippen LogP contribution in [0.4, 0.5) is 0 Å². The molecule has 1 aromatic carbocycles. The summed E-state index contributed by atoms with van der Waals surface area (Å²) in [6, 6.07) is 5.44.